The quantitative estimate of drug-likeness (QED) is 0.238. The lowest BCUT2D eigenvalue weighted by molar-refractivity contribution is 0.291. The van der Waals surface area contributed by atoms with Gasteiger partial charge in [0.15, 0.2) is 5.82 Å². The number of hydrogen-bond donors (Lipinski definition) is 2. The Kier molecular flexibility index (Phi) is 6.12. The van der Waals surface area contributed by atoms with E-state index in [1.807, 2.05) is 35.7 Å². The Hall–Kier alpha value is -3.57. The maximum Gasteiger partial charge on any atom is 0.260 e. The van der Waals surface area contributed by atoms with Crippen molar-refractivity contribution in [2.24, 2.45) is 0 Å². The summed E-state index contributed by atoms with van der Waals surface area (Å²) in [4.78, 5) is 20.8. The zero-order valence-corrected chi connectivity index (χ0v) is 20.2. The van der Waals surface area contributed by atoms with Gasteiger partial charge >= 0.3 is 0 Å². The number of benzene rings is 1. The lowest BCUT2D eigenvalue weighted by Gasteiger charge is -2.09. The highest BCUT2D eigenvalue weighted by molar-refractivity contribution is 7.98. The summed E-state index contributed by atoms with van der Waals surface area (Å²) in [6.07, 6.45) is 1.58. The van der Waals surface area contributed by atoms with Crippen molar-refractivity contribution in [3.8, 4) is 17.1 Å². The number of aromatic nitrogens is 5. The first kappa shape index (κ1) is 22.2. The molecule has 5 aromatic rings. The number of thiophene rings is 1. The number of nitrogens with two attached hydrogens (primary N) is 1. The molecule has 3 N–H and O–H groups in total. The summed E-state index contributed by atoms with van der Waals surface area (Å²) >= 11 is 2.73. The van der Waals surface area contributed by atoms with Gasteiger partial charge in [-0.15, -0.1) is 21.5 Å². The first-order valence-electron chi connectivity index (χ1n) is 10.6. The number of nitrogen functional groups attached to an aromatic ring is 1. The fraction of sp³-hybridized carbons (Fsp3) is 0.217. The fourth-order valence-electron chi connectivity index (χ4n) is 3.41. The number of aromatic amines is 1. The van der Waals surface area contributed by atoms with Crippen LogP contribution in [0.1, 0.15) is 37.0 Å². The largest absolute Gasteiger partial charge is 0.486 e. The second-order valence-electron chi connectivity index (χ2n) is 7.89. The van der Waals surface area contributed by atoms with E-state index in [0.29, 0.717) is 44.5 Å². The SMILES string of the molecule is CC(C)c1ccc(OCc2nnc(SCc3nc4scc(-c5ccco5)c4c(=O)[nH]3)n2N)cc1. The highest BCUT2D eigenvalue weighted by atomic mass is 32.2. The van der Waals surface area contributed by atoms with Gasteiger partial charge in [0.1, 0.15) is 28.8 Å². The smallest absolute Gasteiger partial charge is 0.260 e. The number of nitrogens with zero attached hydrogens (tertiary/aromatic N) is 4. The van der Waals surface area contributed by atoms with Crippen LogP contribution in [0.15, 0.2) is 62.4 Å². The molecular formula is C23H22N6O3S2. The zero-order chi connectivity index (χ0) is 23.7. The molecule has 0 aliphatic heterocycles. The van der Waals surface area contributed by atoms with Crippen LogP contribution in [-0.2, 0) is 12.4 Å². The molecule has 0 unspecified atom stereocenters. The van der Waals surface area contributed by atoms with Gasteiger partial charge in [-0.3, -0.25) is 4.79 Å². The molecule has 0 atom stereocenters. The summed E-state index contributed by atoms with van der Waals surface area (Å²) in [6.45, 7) is 4.48. The number of H-pyrrole nitrogens is 1. The van der Waals surface area contributed by atoms with Gasteiger partial charge in [0, 0.05) is 10.9 Å². The number of fused-ring (bicyclic) bond motifs is 1. The van der Waals surface area contributed by atoms with Crippen LogP contribution in [0.25, 0.3) is 21.5 Å². The van der Waals surface area contributed by atoms with Crippen LogP contribution < -0.4 is 16.1 Å². The van der Waals surface area contributed by atoms with Gasteiger partial charge in [0.25, 0.3) is 5.56 Å². The molecule has 4 aromatic heterocycles. The molecule has 174 valence electrons. The molecule has 0 radical (unpaired) electrons. The van der Waals surface area contributed by atoms with Crippen LogP contribution >= 0.6 is 23.1 Å². The Morgan fingerprint density at radius 2 is 2.06 bits per heavy atom. The number of ether oxygens (including phenoxy) is 1. The summed E-state index contributed by atoms with van der Waals surface area (Å²) in [5.74, 6) is 9.41. The maximum absolute atomic E-state index is 12.7. The summed E-state index contributed by atoms with van der Waals surface area (Å²) in [5, 5.41) is 11.2. The number of furan rings is 1. The third kappa shape index (κ3) is 4.44. The van der Waals surface area contributed by atoms with E-state index in [-0.39, 0.29) is 12.2 Å². The third-order valence-electron chi connectivity index (χ3n) is 5.27. The predicted octanol–water partition coefficient (Wildman–Crippen LogP) is 4.54. The Morgan fingerprint density at radius 3 is 2.79 bits per heavy atom. The van der Waals surface area contributed by atoms with E-state index in [4.69, 9.17) is 15.0 Å². The Bertz CT molecular complexity index is 1470. The van der Waals surface area contributed by atoms with Gasteiger partial charge in [0.2, 0.25) is 5.16 Å². The van der Waals surface area contributed by atoms with E-state index in [1.54, 1.807) is 12.3 Å². The van der Waals surface area contributed by atoms with Gasteiger partial charge in [-0.05, 0) is 35.7 Å². The first-order valence-corrected chi connectivity index (χ1v) is 12.5. The van der Waals surface area contributed by atoms with E-state index in [0.717, 1.165) is 11.3 Å². The molecule has 34 heavy (non-hydrogen) atoms. The van der Waals surface area contributed by atoms with Crippen molar-refractivity contribution >= 4 is 33.3 Å². The normalized spacial score (nSPS) is 11.5. The van der Waals surface area contributed by atoms with Gasteiger partial charge in [-0.1, -0.05) is 37.7 Å². The van der Waals surface area contributed by atoms with Crippen molar-refractivity contribution in [1.29, 1.82) is 0 Å². The number of nitrogens with one attached hydrogen (secondary N) is 1. The minimum absolute atomic E-state index is 0.191. The highest BCUT2D eigenvalue weighted by Crippen LogP contribution is 2.31. The Balaban J connectivity index is 1.25. The monoisotopic (exact) mass is 494 g/mol. The van der Waals surface area contributed by atoms with Crippen LogP contribution in [0.4, 0.5) is 0 Å². The van der Waals surface area contributed by atoms with E-state index in [2.05, 4.69) is 34.0 Å². The van der Waals surface area contributed by atoms with Gasteiger partial charge in [0.05, 0.1) is 17.4 Å². The molecule has 0 saturated carbocycles. The molecule has 1 aromatic carbocycles. The van der Waals surface area contributed by atoms with E-state index in [1.165, 1.54) is 33.3 Å². The Morgan fingerprint density at radius 1 is 1.24 bits per heavy atom. The van der Waals surface area contributed by atoms with E-state index >= 15 is 0 Å². The molecule has 0 saturated heterocycles. The van der Waals surface area contributed by atoms with Gasteiger partial charge in [-0.25, -0.2) is 9.66 Å². The highest BCUT2D eigenvalue weighted by Gasteiger charge is 2.16. The molecule has 0 aliphatic carbocycles. The van der Waals surface area contributed by atoms with E-state index < -0.39 is 0 Å². The summed E-state index contributed by atoms with van der Waals surface area (Å²) in [5.41, 5.74) is 1.78. The summed E-state index contributed by atoms with van der Waals surface area (Å²) < 4.78 is 12.6. The minimum Gasteiger partial charge on any atom is -0.486 e. The molecular weight excluding hydrogens is 472 g/mol. The second kappa shape index (κ2) is 9.35. The van der Waals surface area contributed by atoms with Crippen molar-refractivity contribution in [3.63, 3.8) is 0 Å². The number of thioether (sulfide) groups is 1. The molecule has 4 heterocycles. The number of rotatable bonds is 8. The average Bonchev–Trinajstić information content (AvgIpc) is 3.57. The van der Waals surface area contributed by atoms with Crippen LogP contribution in [0.5, 0.6) is 5.75 Å². The number of hydrogen-bond acceptors (Lipinski definition) is 9. The van der Waals surface area contributed by atoms with Crippen molar-refractivity contribution in [2.45, 2.75) is 37.3 Å². The molecule has 9 nitrogen and oxygen atoms in total. The molecule has 0 spiro atoms. The van der Waals surface area contributed by atoms with Crippen molar-refractivity contribution < 1.29 is 9.15 Å². The van der Waals surface area contributed by atoms with Crippen molar-refractivity contribution in [2.75, 3.05) is 5.84 Å². The van der Waals surface area contributed by atoms with Crippen molar-refractivity contribution in [1.82, 2.24) is 24.8 Å². The van der Waals surface area contributed by atoms with Crippen LogP contribution in [0.2, 0.25) is 0 Å². The Labute approximate surface area is 203 Å². The zero-order valence-electron chi connectivity index (χ0n) is 18.5. The molecule has 0 fully saturated rings. The maximum atomic E-state index is 12.7. The van der Waals surface area contributed by atoms with Crippen LogP contribution in [0, 0.1) is 0 Å². The lowest BCUT2D eigenvalue weighted by Crippen LogP contribution is -2.16. The summed E-state index contributed by atoms with van der Waals surface area (Å²) in [7, 11) is 0. The molecule has 0 amide bonds. The third-order valence-corrected chi connectivity index (χ3v) is 7.09. The van der Waals surface area contributed by atoms with Crippen LogP contribution in [-0.4, -0.2) is 24.8 Å². The van der Waals surface area contributed by atoms with Gasteiger partial charge in [-0.2, -0.15) is 0 Å². The summed E-state index contributed by atoms with van der Waals surface area (Å²) in [6, 6.07) is 11.6. The van der Waals surface area contributed by atoms with Crippen LogP contribution in [0.3, 0.4) is 0 Å². The molecule has 5 rings (SSSR count). The van der Waals surface area contributed by atoms with Gasteiger partial charge < -0.3 is 20.0 Å². The first-order chi connectivity index (χ1) is 16.5. The lowest BCUT2D eigenvalue weighted by atomic mass is 10.0. The fourth-order valence-corrected chi connectivity index (χ4v) is 5.10. The molecule has 0 bridgehead atoms. The molecule has 0 aliphatic rings. The topological polar surface area (TPSA) is 125 Å². The van der Waals surface area contributed by atoms with E-state index in [9.17, 15) is 4.79 Å². The van der Waals surface area contributed by atoms with Crippen molar-refractivity contribution in [3.05, 3.63) is 75.6 Å². The minimum atomic E-state index is -0.208. The predicted molar refractivity (Wildman–Crippen MR) is 133 cm³/mol. The average molecular weight is 495 g/mol. The standard InChI is InChI=1S/C23H22N6O3S2/c1-13(2)14-5-7-15(8-6-14)32-10-19-27-28-23(29(19)24)34-12-18-25-21(30)20-16(11-33-22(20)26-18)17-4-3-9-31-17/h3-9,11,13H,10,12,24H2,1-2H3,(H,25,26,30). The second-order valence-corrected chi connectivity index (χ2v) is 9.69. The molecule has 11 heteroatoms.